The minimum Gasteiger partial charge on any atom is -0.345 e. The number of carbonyl (C=O) groups excluding carboxylic acids is 1. The highest BCUT2D eigenvalue weighted by Gasteiger charge is 2.32. The van der Waals surface area contributed by atoms with Crippen LogP contribution in [0.5, 0.6) is 0 Å². The highest BCUT2D eigenvalue weighted by atomic mass is 19.3. The van der Waals surface area contributed by atoms with Crippen molar-refractivity contribution in [3.8, 4) is 17.2 Å². The van der Waals surface area contributed by atoms with Crippen LogP contribution in [0.15, 0.2) is 43.0 Å². The van der Waals surface area contributed by atoms with Gasteiger partial charge in [-0.1, -0.05) is 5.21 Å². The molecule has 1 saturated heterocycles. The third-order valence-electron chi connectivity index (χ3n) is 5.50. The van der Waals surface area contributed by atoms with Gasteiger partial charge in [-0.05, 0) is 24.6 Å². The molecule has 1 atom stereocenters. The Morgan fingerprint density at radius 2 is 2.00 bits per heavy atom. The number of anilines is 2. The van der Waals surface area contributed by atoms with Gasteiger partial charge in [0.1, 0.15) is 0 Å². The van der Waals surface area contributed by atoms with E-state index in [9.17, 15) is 13.6 Å². The van der Waals surface area contributed by atoms with Crippen LogP contribution >= 0.6 is 0 Å². The molecule has 0 unspecified atom stereocenters. The van der Waals surface area contributed by atoms with Gasteiger partial charge in [-0.2, -0.15) is 5.10 Å². The van der Waals surface area contributed by atoms with Gasteiger partial charge < -0.3 is 10.2 Å². The smallest absolute Gasteiger partial charge is 0.264 e. The van der Waals surface area contributed by atoms with Crippen LogP contribution in [0.2, 0.25) is 0 Å². The van der Waals surface area contributed by atoms with Crippen LogP contribution in [0.4, 0.5) is 20.4 Å². The van der Waals surface area contributed by atoms with Crippen molar-refractivity contribution in [2.24, 2.45) is 7.05 Å². The monoisotopic (exact) mass is 466 g/mol. The Labute approximate surface area is 192 Å². The molecule has 0 aliphatic carbocycles. The first kappa shape index (κ1) is 21.6. The molecular weight excluding hydrogens is 446 g/mol. The number of amides is 1. The molecule has 0 aromatic carbocycles. The molecule has 11 nitrogen and oxygen atoms in total. The summed E-state index contributed by atoms with van der Waals surface area (Å²) in [6, 6.07) is 4.10. The molecule has 1 amide bonds. The molecule has 0 saturated carbocycles. The van der Waals surface area contributed by atoms with Crippen LogP contribution in [0.25, 0.3) is 17.2 Å². The zero-order chi connectivity index (χ0) is 23.8. The number of carbonyl (C=O) groups is 1. The van der Waals surface area contributed by atoms with Gasteiger partial charge in [-0.3, -0.25) is 9.48 Å². The Kier molecular flexibility index (Phi) is 5.43. The minimum absolute atomic E-state index is 0.0448. The molecule has 4 aromatic heterocycles. The van der Waals surface area contributed by atoms with E-state index in [0.717, 1.165) is 0 Å². The number of aryl methyl sites for hydroxylation is 1. The third kappa shape index (κ3) is 4.19. The van der Waals surface area contributed by atoms with Crippen LogP contribution in [0, 0.1) is 0 Å². The maximum Gasteiger partial charge on any atom is 0.264 e. The second-order valence-corrected chi connectivity index (χ2v) is 7.93. The summed E-state index contributed by atoms with van der Waals surface area (Å²) >= 11 is 0. The summed E-state index contributed by atoms with van der Waals surface area (Å²) in [6.45, 7) is 0.628. The molecule has 5 rings (SSSR count). The number of aromatic nitrogens is 8. The average molecular weight is 466 g/mol. The lowest BCUT2D eigenvalue weighted by Crippen LogP contribution is -2.21. The Hall–Kier alpha value is -4.29. The number of alkyl halides is 2. The van der Waals surface area contributed by atoms with Gasteiger partial charge in [0.05, 0.1) is 41.1 Å². The topological polar surface area (TPSA) is 120 Å². The molecule has 1 aliphatic rings. The zero-order valence-corrected chi connectivity index (χ0v) is 18.3. The number of pyridine rings is 1. The molecule has 13 heteroatoms. The largest absolute Gasteiger partial charge is 0.345 e. The fraction of sp³-hybridized carbons (Fsp3) is 0.286. The zero-order valence-electron chi connectivity index (χ0n) is 18.3. The Morgan fingerprint density at radius 1 is 1.15 bits per heavy atom. The average Bonchev–Trinajstić information content (AvgIpc) is 3.55. The van der Waals surface area contributed by atoms with Crippen molar-refractivity contribution < 1.29 is 13.6 Å². The summed E-state index contributed by atoms with van der Waals surface area (Å²) in [4.78, 5) is 27.0. The molecule has 1 aliphatic heterocycles. The standard InChI is InChI=1S/C21H20F2N10O/c1-31-6-4-14(20(31)34)17-11-33(30-29-17)18-8-12(19(22)23)7-16(27-18)15-3-5-24-21(28-15)26-13-9-25-32(2)10-13/h3,5,7-11,14,19H,4,6H2,1-2H3,(H,24,26,28)/t14-/m0/s1. The molecule has 0 spiro atoms. The van der Waals surface area contributed by atoms with E-state index in [4.69, 9.17) is 0 Å². The van der Waals surface area contributed by atoms with Crippen molar-refractivity contribution in [1.82, 2.24) is 44.6 Å². The van der Waals surface area contributed by atoms with Gasteiger partial charge in [0, 0.05) is 38.6 Å². The highest BCUT2D eigenvalue weighted by molar-refractivity contribution is 5.84. The summed E-state index contributed by atoms with van der Waals surface area (Å²) in [5, 5.41) is 15.2. The lowest BCUT2D eigenvalue weighted by atomic mass is 10.1. The third-order valence-corrected chi connectivity index (χ3v) is 5.50. The van der Waals surface area contributed by atoms with E-state index < -0.39 is 12.3 Å². The minimum atomic E-state index is -2.73. The van der Waals surface area contributed by atoms with E-state index in [1.165, 1.54) is 23.0 Å². The van der Waals surface area contributed by atoms with E-state index in [-0.39, 0.29) is 28.9 Å². The maximum absolute atomic E-state index is 13.7. The Bertz CT molecular complexity index is 1350. The number of nitrogens with one attached hydrogen (secondary N) is 1. The van der Waals surface area contributed by atoms with Crippen LogP contribution in [0.3, 0.4) is 0 Å². The summed E-state index contributed by atoms with van der Waals surface area (Å²) in [5.41, 5.74) is 1.48. The summed E-state index contributed by atoms with van der Waals surface area (Å²) in [7, 11) is 3.51. The van der Waals surface area contributed by atoms with Gasteiger partial charge in [0.25, 0.3) is 6.43 Å². The van der Waals surface area contributed by atoms with Crippen LogP contribution in [-0.4, -0.2) is 64.1 Å². The fourth-order valence-electron chi connectivity index (χ4n) is 3.73. The molecule has 0 bridgehead atoms. The predicted octanol–water partition coefficient (Wildman–Crippen LogP) is 2.48. The molecule has 0 radical (unpaired) electrons. The summed E-state index contributed by atoms with van der Waals surface area (Å²) < 4.78 is 30.3. The van der Waals surface area contributed by atoms with Crippen molar-refractivity contribution in [3.63, 3.8) is 0 Å². The summed E-state index contributed by atoms with van der Waals surface area (Å²) in [6.07, 6.45) is 4.31. The normalized spacial score (nSPS) is 16.0. The first-order chi connectivity index (χ1) is 16.4. The first-order valence-corrected chi connectivity index (χ1v) is 10.4. The molecule has 34 heavy (non-hydrogen) atoms. The molecular formula is C21H20F2N10O. The highest BCUT2D eigenvalue weighted by Crippen LogP contribution is 2.29. The predicted molar refractivity (Wildman–Crippen MR) is 117 cm³/mol. The van der Waals surface area contributed by atoms with Gasteiger partial charge in [0.2, 0.25) is 11.9 Å². The second-order valence-electron chi connectivity index (χ2n) is 7.93. The lowest BCUT2D eigenvalue weighted by molar-refractivity contribution is -0.127. The quantitative estimate of drug-likeness (QED) is 0.460. The number of hydrogen-bond donors (Lipinski definition) is 1. The van der Waals surface area contributed by atoms with Crippen molar-refractivity contribution >= 4 is 17.5 Å². The number of likely N-dealkylation sites (tertiary alicyclic amines) is 1. The van der Waals surface area contributed by atoms with E-state index in [1.54, 1.807) is 48.3 Å². The SMILES string of the molecule is CN1CC[C@@H](c2cn(-c3cc(C(F)F)cc(-c4ccnc(Nc5cnn(C)c5)n4)n3)nn2)C1=O. The second kappa shape index (κ2) is 8.57. The van der Waals surface area contributed by atoms with Crippen LogP contribution in [-0.2, 0) is 11.8 Å². The number of hydrogen-bond acceptors (Lipinski definition) is 8. The molecule has 174 valence electrons. The molecule has 4 aromatic rings. The number of nitrogens with zero attached hydrogens (tertiary/aromatic N) is 9. The van der Waals surface area contributed by atoms with Crippen molar-refractivity contribution in [2.45, 2.75) is 18.8 Å². The maximum atomic E-state index is 13.7. The number of halogens is 2. The van der Waals surface area contributed by atoms with Crippen LogP contribution in [0.1, 0.15) is 30.0 Å². The van der Waals surface area contributed by atoms with E-state index in [2.05, 4.69) is 35.7 Å². The van der Waals surface area contributed by atoms with Crippen molar-refractivity contribution in [2.75, 3.05) is 18.9 Å². The van der Waals surface area contributed by atoms with Gasteiger partial charge >= 0.3 is 0 Å². The van der Waals surface area contributed by atoms with E-state index in [0.29, 0.717) is 30.0 Å². The lowest BCUT2D eigenvalue weighted by Gasteiger charge is -2.09. The molecule has 5 heterocycles. The van der Waals surface area contributed by atoms with Gasteiger partial charge in [0.15, 0.2) is 5.82 Å². The molecule has 1 N–H and O–H groups in total. The fourth-order valence-corrected chi connectivity index (χ4v) is 3.73. The Morgan fingerprint density at radius 3 is 2.71 bits per heavy atom. The molecule has 1 fully saturated rings. The van der Waals surface area contributed by atoms with E-state index >= 15 is 0 Å². The van der Waals surface area contributed by atoms with Crippen molar-refractivity contribution in [1.29, 1.82) is 0 Å². The number of likely N-dealkylation sites (N-methyl/N-ethyl adjacent to an activating group) is 1. The number of rotatable bonds is 6. The first-order valence-electron chi connectivity index (χ1n) is 10.4. The summed E-state index contributed by atoms with van der Waals surface area (Å²) in [5.74, 6) is -0.0370. The van der Waals surface area contributed by atoms with E-state index in [1.807, 2.05) is 0 Å². The van der Waals surface area contributed by atoms with Crippen molar-refractivity contribution in [3.05, 3.63) is 54.2 Å². The van der Waals surface area contributed by atoms with Gasteiger partial charge in [-0.15, -0.1) is 5.10 Å². The Balaban J connectivity index is 1.49. The van der Waals surface area contributed by atoms with Gasteiger partial charge in [-0.25, -0.2) is 28.4 Å². The van der Waals surface area contributed by atoms with Crippen LogP contribution < -0.4 is 5.32 Å².